The largest absolute Gasteiger partial charge is 0.444 e. The molecule has 0 saturated heterocycles. The Morgan fingerprint density at radius 1 is 1.13 bits per heavy atom. The summed E-state index contributed by atoms with van der Waals surface area (Å²) in [4.78, 5) is 8.94. The number of hydrogen-bond donors (Lipinski definition) is 2. The van der Waals surface area contributed by atoms with Crippen LogP contribution >= 0.6 is 0 Å². The number of hydrogen-bond acceptors (Lipinski definition) is 4. The summed E-state index contributed by atoms with van der Waals surface area (Å²) in [5.41, 5.74) is 3.36. The van der Waals surface area contributed by atoms with Crippen LogP contribution in [0.4, 0.5) is 8.78 Å². The van der Waals surface area contributed by atoms with Crippen LogP contribution in [0.15, 0.2) is 64.2 Å². The van der Waals surface area contributed by atoms with Crippen LogP contribution in [0.5, 0.6) is 5.75 Å². The zero-order valence-corrected chi connectivity index (χ0v) is 16.9. The molecule has 1 aromatic heterocycles. The highest BCUT2D eigenvalue weighted by molar-refractivity contribution is 5.79. The molecular formula is C22H24F2N4O2. The number of aliphatic imine (C=N–C) groups is 1. The number of aromatic nitrogens is 1. The van der Waals surface area contributed by atoms with E-state index in [-0.39, 0.29) is 12.3 Å². The second-order valence-corrected chi connectivity index (χ2v) is 6.54. The SMILES string of the molecule is CCNC(=NCc1ccccc1OC(F)F)NCc1coc(-c2ccc(C)cc2)n1. The van der Waals surface area contributed by atoms with Gasteiger partial charge in [0.05, 0.1) is 18.8 Å². The van der Waals surface area contributed by atoms with Crippen LogP contribution in [-0.2, 0) is 13.1 Å². The molecule has 6 nitrogen and oxygen atoms in total. The smallest absolute Gasteiger partial charge is 0.387 e. The molecule has 0 bridgehead atoms. The first-order chi connectivity index (χ1) is 14.5. The van der Waals surface area contributed by atoms with Crippen molar-refractivity contribution in [3.8, 4) is 17.2 Å². The average molecular weight is 414 g/mol. The number of nitrogens with zero attached hydrogens (tertiary/aromatic N) is 2. The maximum absolute atomic E-state index is 12.6. The minimum Gasteiger partial charge on any atom is -0.444 e. The van der Waals surface area contributed by atoms with E-state index in [9.17, 15) is 8.78 Å². The van der Waals surface area contributed by atoms with Crippen molar-refractivity contribution in [2.45, 2.75) is 33.5 Å². The first-order valence-corrected chi connectivity index (χ1v) is 9.61. The van der Waals surface area contributed by atoms with E-state index in [2.05, 4.69) is 25.3 Å². The van der Waals surface area contributed by atoms with Crippen LogP contribution in [0.1, 0.15) is 23.7 Å². The summed E-state index contributed by atoms with van der Waals surface area (Å²) in [6.07, 6.45) is 1.59. The summed E-state index contributed by atoms with van der Waals surface area (Å²) in [6, 6.07) is 14.5. The minimum atomic E-state index is -2.88. The lowest BCUT2D eigenvalue weighted by molar-refractivity contribution is -0.0504. The Labute approximate surface area is 174 Å². The molecule has 0 saturated carbocycles. The molecule has 3 aromatic rings. The predicted molar refractivity (Wildman–Crippen MR) is 111 cm³/mol. The van der Waals surface area contributed by atoms with Crippen molar-refractivity contribution in [1.29, 1.82) is 0 Å². The number of oxazole rings is 1. The van der Waals surface area contributed by atoms with Gasteiger partial charge in [0.2, 0.25) is 5.89 Å². The lowest BCUT2D eigenvalue weighted by Crippen LogP contribution is -2.36. The van der Waals surface area contributed by atoms with Crippen molar-refractivity contribution in [1.82, 2.24) is 15.6 Å². The molecule has 0 aliphatic carbocycles. The van der Waals surface area contributed by atoms with Gasteiger partial charge in [0.25, 0.3) is 0 Å². The van der Waals surface area contributed by atoms with Gasteiger partial charge in [-0.25, -0.2) is 9.98 Å². The summed E-state index contributed by atoms with van der Waals surface area (Å²) >= 11 is 0. The van der Waals surface area contributed by atoms with E-state index in [1.165, 1.54) is 11.6 Å². The van der Waals surface area contributed by atoms with Gasteiger partial charge in [-0.3, -0.25) is 0 Å². The number of benzene rings is 2. The standard InChI is InChI=1S/C22H24F2N4O2/c1-3-25-22(26-12-17-6-4-5-7-19(17)30-21(23)24)27-13-18-14-29-20(28-18)16-10-8-15(2)9-11-16/h4-11,14,21H,3,12-13H2,1-2H3,(H2,25,26,27). The first kappa shape index (κ1) is 21.3. The Bertz CT molecular complexity index is 971. The Hall–Kier alpha value is -3.42. The fourth-order valence-electron chi connectivity index (χ4n) is 2.74. The lowest BCUT2D eigenvalue weighted by atomic mass is 10.1. The second kappa shape index (κ2) is 10.4. The molecule has 0 amide bonds. The number of rotatable bonds is 8. The molecule has 0 aliphatic heterocycles. The van der Waals surface area contributed by atoms with Crippen LogP contribution in [0, 0.1) is 6.92 Å². The zero-order valence-electron chi connectivity index (χ0n) is 16.9. The van der Waals surface area contributed by atoms with Crippen LogP contribution in [0.2, 0.25) is 0 Å². The minimum absolute atomic E-state index is 0.117. The summed E-state index contributed by atoms with van der Waals surface area (Å²) < 4.78 is 35.3. The van der Waals surface area contributed by atoms with Crippen molar-refractivity contribution in [3.05, 3.63) is 71.6 Å². The maximum atomic E-state index is 12.6. The van der Waals surface area contributed by atoms with E-state index >= 15 is 0 Å². The fraction of sp³-hybridized carbons (Fsp3) is 0.273. The van der Waals surface area contributed by atoms with Gasteiger partial charge in [0.15, 0.2) is 5.96 Å². The molecule has 0 radical (unpaired) electrons. The number of alkyl halides is 2. The third-order valence-corrected chi connectivity index (χ3v) is 4.23. The topological polar surface area (TPSA) is 71.7 Å². The molecular weight excluding hydrogens is 390 g/mol. The quantitative estimate of drug-likeness (QED) is 0.419. The molecule has 2 N–H and O–H groups in total. The summed E-state index contributed by atoms with van der Waals surface area (Å²) in [5.74, 6) is 1.20. The van der Waals surface area contributed by atoms with Gasteiger partial charge >= 0.3 is 6.61 Å². The summed E-state index contributed by atoms with van der Waals surface area (Å²) in [5, 5.41) is 6.29. The van der Waals surface area contributed by atoms with Crippen molar-refractivity contribution in [2.75, 3.05) is 6.54 Å². The molecule has 0 fully saturated rings. The monoisotopic (exact) mass is 414 g/mol. The average Bonchev–Trinajstić information content (AvgIpc) is 3.20. The maximum Gasteiger partial charge on any atom is 0.387 e. The molecule has 158 valence electrons. The van der Waals surface area contributed by atoms with Gasteiger partial charge in [-0.15, -0.1) is 0 Å². The first-order valence-electron chi connectivity index (χ1n) is 9.61. The van der Waals surface area contributed by atoms with Crippen LogP contribution in [0.25, 0.3) is 11.5 Å². The number of para-hydroxylation sites is 1. The Morgan fingerprint density at radius 2 is 1.90 bits per heavy atom. The molecule has 2 aromatic carbocycles. The third kappa shape index (κ3) is 6.04. The van der Waals surface area contributed by atoms with Gasteiger partial charge in [0.1, 0.15) is 12.0 Å². The lowest BCUT2D eigenvalue weighted by Gasteiger charge is -2.12. The van der Waals surface area contributed by atoms with E-state index in [4.69, 9.17) is 4.42 Å². The molecule has 0 atom stereocenters. The molecule has 8 heteroatoms. The summed E-state index contributed by atoms with van der Waals surface area (Å²) in [7, 11) is 0. The zero-order chi connectivity index (χ0) is 21.3. The Morgan fingerprint density at radius 3 is 2.63 bits per heavy atom. The number of halogens is 2. The van der Waals surface area contributed by atoms with Crippen molar-refractivity contribution in [3.63, 3.8) is 0 Å². The van der Waals surface area contributed by atoms with Crippen molar-refractivity contribution >= 4 is 5.96 Å². The second-order valence-electron chi connectivity index (χ2n) is 6.54. The molecule has 0 aliphatic rings. The molecule has 0 spiro atoms. The van der Waals surface area contributed by atoms with E-state index in [1.807, 2.05) is 38.1 Å². The Balaban J connectivity index is 1.64. The molecule has 3 rings (SSSR count). The van der Waals surface area contributed by atoms with E-state index in [0.29, 0.717) is 30.5 Å². The number of nitrogens with one attached hydrogen (secondary N) is 2. The van der Waals surface area contributed by atoms with Gasteiger partial charge in [0, 0.05) is 17.7 Å². The van der Waals surface area contributed by atoms with E-state index in [0.717, 1.165) is 11.3 Å². The van der Waals surface area contributed by atoms with Gasteiger partial charge in [-0.2, -0.15) is 8.78 Å². The van der Waals surface area contributed by atoms with Crippen LogP contribution in [-0.4, -0.2) is 24.1 Å². The highest BCUT2D eigenvalue weighted by Crippen LogP contribution is 2.21. The fourth-order valence-corrected chi connectivity index (χ4v) is 2.74. The summed E-state index contributed by atoms with van der Waals surface area (Å²) in [6.45, 7) is 2.32. The van der Waals surface area contributed by atoms with Gasteiger partial charge in [-0.05, 0) is 32.0 Å². The number of aryl methyl sites for hydroxylation is 1. The van der Waals surface area contributed by atoms with Gasteiger partial charge < -0.3 is 19.8 Å². The van der Waals surface area contributed by atoms with E-state index < -0.39 is 6.61 Å². The highest BCUT2D eigenvalue weighted by atomic mass is 19.3. The highest BCUT2D eigenvalue weighted by Gasteiger charge is 2.10. The molecule has 1 heterocycles. The Kier molecular flexibility index (Phi) is 7.37. The van der Waals surface area contributed by atoms with Crippen molar-refractivity contribution in [2.24, 2.45) is 4.99 Å². The normalized spacial score (nSPS) is 11.6. The van der Waals surface area contributed by atoms with Crippen molar-refractivity contribution < 1.29 is 17.9 Å². The van der Waals surface area contributed by atoms with Crippen LogP contribution in [0.3, 0.4) is 0 Å². The number of guanidine groups is 1. The molecule has 30 heavy (non-hydrogen) atoms. The van der Waals surface area contributed by atoms with Gasteiger partial charge in [-0.1, -0.05) is 35.9 Å². The third-order valence-electron chi connectivity index (χ3n) is 4.23. The van der Waals surface area contributed by atoms with Crippen LogP contribution < -0.4 is 15.4 Å². The number of ether oxygens (including phenoxy) is 1. The van der Waals surface area contributed by atoms with E-state index in [1.54, 1.807) is 24.5 Å². The molecule has 0 unspecified atom stereocenters. The predicted octanol–water partition coefficient (Wildman–Crippen LogP) is 4.51.